The van der Waals surface area contributed by atoms with Crippen LogP contribution in [0.1, 0.15) is 18.1 Å². The number of benzene rings is 1. The predicted molar refractivity (Wildman–Crippen MR) is 90.2 cm³/mol. The highest BCUT2D eigenvalue weighted by atomic mass is 35.5. The summed E-state index contributed by atoms with van der Waals surface area (Å²) < 4.78 is 5.44. The third-order valence-electron chi connectivity index (χ3n) is 3.37. The maximum Gasteiger partial charge on any atom is 0.221 e. The Morgan fingerprint density at radius 3 is 2.86 bits per heavy atom. The minimum atomic E-state index is -0.0890. The number of hydrogen-bond acceptors (Lipinski definition) is 4. The Hall–Kier alpha value is -0.750. The molecule has 4 nitrogen and oxygen atoms in total. The second-order valence-electron chi connectivity index (χ2n) is 4.87. The van der Waals surface area contributed by atoms with Gasteiger partial charge in [0.2, 0.25) is 5.91 Å². The monoisotopic (exact) mass is 330 g/mol. The van der Waals surface area contributed by atoms with E-state index in [1.807, 2.05) is 42.1 Å². The summed E-state index contributed by atoms with van der Waals surface area (Å²) in [5, 5.41) is 6.34. The van der Waals surface area contributed by atoms with E-state index in [-0.39, 0.29) is 24.4 Å². The van der Waals surface area contributed by atoms with Gasteiger partial charge < -0.3 is 15.4 Å². The molecule has 1 fully saturated rings. The molecule has 1 aliphatic heterocycles. The first-order valence-electron chi connectivity index (χ1n) is 6.95. The fourth-order valence-electron chi connectivity index (χ4n) is 2.26. The van der Waals surface area contributed by atoms with Crippen molar-refractivity contribution >= 4 is 30.1 Å². The summed E-state index contributed by atoms with van der Waals surface area (Å²) in [6.07, 6.45) is 0.451. The molecule has 2 unspecified atom stereocenters. The van der Waals surface area contributed by atoms with Crippen LogP contribution < -0.4 is 10.6 Å². The molecular formula is C15H23ClN2O2S. The second-order valence-corrected chi connectivity index (χ2v) is 6.02. The van der Waals surface area contributed by atoms with Crippen molar-refractivity contribution in [1.29, 1.82) is 0 Å². The summed E-state index contributed by atoms with van der Waals surface area (Å²) in [6, 6.07) is 10.3. The predicted octanol–water partition coefficient (Wildman–Crippen LogP) is 2.01. The van der Waals surface area contributed by atoms with Gasteiger partial charge in [-0.2, -0.15) is 11.8 Å². The van der Waals surface area contributed by atoms with Crippen LogP contribution in [0.25, 0.3) is 0 Å². The lowest BCUT2D eigenvalue weighted by Gasteiger charge is -2.23. The van der Waals surface area contributed by atoms with Crippen molar-refractivity contribution in [3.63, 3.8) is 0 Å². The lowest BCUT2D eigenvalue weighted by Crippen LogP contribution is -2.42. The van der Waals surface area contributed by atoms with Gasteiger partial charge in [0.15, 0.2) is 0 Å². The zero-order valence-electron chi connectivity index (χ0n) is 12.2. The first-order valence-corrected chi connectivity index (χ1v) is 8.10. The van der Waals surface area contributed by atoms with Crippen LogP contribution in [0.15, 0.2) is 30.3 Å². The van der Waals surface area contributed by atoms with E-state index in [1.165, 1.54) is 0 Å². The Morgan fingerprint density at radius 2 is 2.24 bits per heavy atom. The molecule has 2 N–H and O–H groups in total. The van der Waals surface area contributed by atoms with Crippen LogP contribution >= 0.6 is 24.2 Å². The van der Waals surface area contributed by atoms with Gasteiger partial charge in [-0.25, -0.2) is 0 Å². The number of carbonyl (C=O) groups excluding carboxylic acids is 1. The molecule has 2 rings (SSSR count). The molecule has 6 heteroatoms. The molecule has 21 heavy (non-hydrogen) atoms. The molecule has 1 aromatic rings. The fraction of sp³-hybridized carbons (Fsp3) is 0.533. The van der Waals surface area contributed by atoms with Crippen LogP contribution in [0.3, 0.4) is 0 Å². The van der Waals surface area contributed by atoms with Crippen molar-refractivity contribution in [1.82, 2.24) is 10.6 Å². The van der Waals surface area contributed by atoms with E-state index in [0.717, 1.165) is 23.6 Å². The molecule has 2 atom stereocenters. The van der Waals surface area contributed by atoms with E-state index in [0.29, 0.717) is 19.0 Å². The Morgan fingerprint density at radius 1 is 1.48 bits per heavy atom. The first-order chi connectivity index (χ1) is 9.79. The molecule has 1 aliphatic rings. The third-order valence-corrected chi connectivity index (χ3v) is 4.50. The van der Waals surface area contributed by atoms with E-state index in [2.05, 4.69) is 10.6 Å². The van der Waals surface area contributed by atoms with Crippen LogP contribution in [-0.4, -0.2) is 43.7 Å². The molecule has 0 aromatic heterocycles. The van der Waals surface area contributed by atoms with Gasteiger partial charge in [-0.3, -0.25) is 4.79 Å². The van der Waals surface area contributed by atoms with Crippen molar-refractivity contribution in [2.24, 2.45) is 0 Å². The zero-order chi connectivity index (χ0) is 14.2. The van der Waals surface area contributed by atoms with Crippen LogP contribution in [0.5, 0.6) is 0 Å². The Balaban J connectivity index is 0.00000220. The van der Waals surface area contributed by atoms with E-state index in [4.69, 9.17) is 4.74 Å². The number of rotatable bonds is 6. The molecule has 1 heterocycles. The van der Waals surface area contributed by atoms with Crippen LogP contribution in [-0.2, 0) is 9.53 Å². The number of methoxy groups -OCH3 is 1. The van der Waals surface area contributed by atoms with Crippen molar-refractivity contribution in [3.05, 3.63) is 35.9 Å². The summed E-state index contributed by atoms with van der Waals surface area (Å²) in [4.78, 5) is 11.9. The van der Waals surface area contributed by atoms with Crippen LogP contribution in [0.4, 0.5) is 0 Å². The Bertz CT molecular complexity index is 413. The van der Waals surface area contributed by atoms with Gasteiger partial charge in [0.05, 0.1) is 6.10 Å². The summed E-state index contributed by atoms with van der Waals surface area (Å²) in [5.41, 5.74) is 1.08. The van der Waals surface area contributed by atoms with Crippen molar-refractivity contribution in [2.75, 3.05) is 31.7 Å². The second kappa shape index (κ2) is 10.1. The zero-order valence-corrected chi connectivity index (χ0v) is 13.8. The average Bonchev–Trinajstić information content (AvgIpc) is 2.50. The minimum absolute atomic E-state index is 0. The number of hydrogen-bond donors (Lipinski definition) is 2. The summed E-state index contributed by atoms with van der Waals surface area (Å²) in [6.45, 7) is 1.51. The van der Waals surface area contributed by atoms with Gasteiger partial charge in [-0.15, -0.1) is 12.4 Å². The highest BCUT2D eigenvalue weighted by molar-refractivity contribution is 7.99. The number of ether oxygens (including phenoxy) is 1. The van der Waals surface area contributed by atoms with Crippen molar-refractivity contribution in [3.8, 4) is 0 Å². The van der Waals surface area contributed by atoms with E-state index < -0.39 is 0 Å². The maximum atomic E-state index is 11.9. The van der Waals surface area contributed by atoms with Gasteiger partial charge in [0.25, 0.3) is 0 Å². The van der Waals surface area contributed by atoms with Gasteiger partial charge in [-0.05, 0) is 5.56 Å². The summed E-state index contributed by atoms with van der Waals surface area (Å²) in [5.74, 6) is 2.24. The van der Waals surface area contributed by atoms with Crippen LogP contribution in [0, 0.1) is 0 Å². The topological polar surface area (TPSA) is 50.4 Å². The van der Waals surface area contributed by atoms with Gasteiger partial charge in [0, 0.05) is 44.2 Å². The minimum Gasteiger partial charge on any atom is -0.375 e. The van der Waals surface area contributed by atoms with E-state index >= 15 is 0 Å². The maximum absolute atomic E-state index is 11.9. The van der Waals surface area contributed by atoms with Crippen molar-refractivity contribution in [2.45, 2.75) is 18.6 Å². The van der Waals surface area contributed by atoms with E-state index in [1.54, 1.807) is 7.11 Å². The Kier molecular flexibility index (Phi) is 8.76. The molecular weight excluding hydrogens is 308 g/mol. The normalized spacial score (nSPS) is 19.4. The highest BCUT2D eigenvalue weighted by Gasteiger charge is 2.17. The van der Waals surface area contributed by atoms with Gasteiger partial charge in [0.1, 0.15) is 0 Å². The average molecular weight is 331 g/mol. The largest absolute Gasteiger partial charge is 0.375 e. The smallest absolute Gasteiger partial charge is 0.221 e. The summed E-state index contributed by atoms with van der Waals surface area (Å²) in [7, 11) is 1.67. The highest BCUT2D eigenvalue weighted by Crippen LogP contribution is 2.15. The van der Waals surface area contributed by atoms with Crippen molar-refractivity contribution < 1.29 is 9.53 Å². The molecule has 1 saturated heterocycles. The molecule has 0 aliphatic carbocycles. The van der Waals surface area contributed by atoms with E-state index in [9.17, 15) is 4.79 Å². The van der Waals surface area contributed by atoms with Gasteiger partial charge in [-0.1, -0.05) is 30.3 Å². The fourth-order valence-corrected chi connectivity index (χ4v) is 3.21. The third kappa shape index (κ3) is 6.26. The number of halogens is 1. The standard InChI is InChI=1S/C15H22N2O2S.ClH/c1-19-14(12-5-3-2-4-6-12)10-17-15(18)9-13-11-20-8-7-16-13;/h2-6,13-14,16H,7-11H2,1H3,(H,17,18);1H. The Labute approximate surface area is 136 Å². The SMILES string of the molecule is COC(CNC(=O)CC1CSCCN1)c1ccccc1.Cl. The molecule has 0 bridgehead atoms. The molecule has 0 spiro atoms. The molecule has 1 aromatic carbocycles. The molecule has 1 amide bonds. The quantitative estimate of drug-likeness (QED) is 0.837. The number of amides is 1. The number of carbonyl (C=O) groups is 1. The lowest BCUT2D eigenvalue weighted by atomic mass is 10.1. The molecule has 118 valence electrons. The first kappa shape index (κ1) is 18.3. The number of nitrogens with one attached hydrogen (secondary N) is 2. The lowest BCUT2D eigenvalue weighted by molar-refractivity contribution is -0.122. The number of thioether (sulfide) groups is 1. The van der Waals surface area contributed by atoms with Gasteiger partial charge >= 0.3 is 0 Å². The molecule has 0 saturated carbocycles. The molecule has 0 radical (unpaired) electrons. The summed E-state index contributed by atoms with van der Waals surface area (Å²) >= 11 is 1.90. The van der Waals surface area contributed by atoms with Crippen LogP contribution in [0.2, 0.25) is 0 Å².